The van der Waals surface area contributed by atoms with E-state index in [0.717, 1.165) is 22.3 Å². The van der Waals surface area contributed by atoms with E-state index in [9.17, 15) is 9.90 Å². The predicted molar refractivity (Wildman–Crippen MR) is 98.1 cm³/mol. The normalized spacial score (nSPS) is 21.7. The number of esters is 1. The molecule has 2 aromatic rings. The molecule has 28 heavy (non-hydrogen) atoms. The molecule has 2 aliphatic heterocycles. The van der Waals surface area contributed by atoms with E-state index in [4.69, 9.17) is 23.7 Å². The molecule has 0 aromatic heterocycles. The van der Waals surface area contributed by atoms with Crippen LogP contribution < -0.4 is 18.9 Å². The summed E-state index contributed by atoms with van der Waals surface area (Å²) in [5.41, 5.74) is 3.50. The van der Waals surface area contributed by atoms with Crippen LogP contribution in [-0.2, 0) is 22.4 Å². The summed E-state index contributed by atoms with van der Waals surface area (Å²) in [4.78, 5) is 12.4. The average Bonchev–Trinajstić information content (AvgIpc) is 3.27. The first kappa shape index (κ1) is 17.0. The summed E-state index contributed by atoms with van der Waals surface area (Å²) in [5, 5.41) is 10.7. The summed E-state index contributed by atoms with van der Waals surface area (Å²) in [6.45, 7) is 0.572. The van der Waals surface area contributed by atoms with Crippen molar-refractivity contribution in [2.24, 2.45) is 11.8 Å². The maximum absolute atomic E-state index is 12.4. The molecule has 146 valence electrons. The van der Waals surface area contributed by atoms with Crippen LogP contribution in [0.4, 0.5) is 0 Å². The van der Waals surface area contributed by atoms with E-state index in [0.29, 0.717) is 42.4 Å². The Kier molecular flexibility index (Phi) is 3.79. The van der Waals surface area contributed by atoms with Gasteiger partial charge in [-0.3, -0.25) is 4.79 Å². The maximum atomic E-state index is 12.4. The molecule has 1 N–H and O–H groups in total. The second-order valence-corrected chi connectivity index (χ2v) is 7.26. The van der Waals surface area contributed by atoms with E-state index in [2.05, 4.69) is 0 Å². The Balaban J connectivity index is 1.81. The fraction of sp³-hybridized carbons (Fsp3) is 0.381. The highest BCUT2D eigenvalue weighted by Crippen LogP contribution is 2.52. The number of benzene rings is 2. The molecular formula is C21H20O7. The van der Waals surface area contributed by atoms with Crippen LogP contribution in [0.5, 0.6) is 28.7 Å². The van der Waals surface area contributed by atoms with Crippen LogP contribution in [0.25, 0.3) is 11.1 Å². The molecule has 5 rings (SSSR count). The number of fused-ring (bicyclic) bond motifs is 5. The first-order chi connectivity index (χ1) is 13.6. The topological polar surface area (TPSA) is 83.5 Å². The second-order valence-electron chi connectivity index (χ2n) is 7.26. The molecular weight excluding hydrogens is 364 g/mol. The van der Waals surface area contributed by atoms with Crippen LogP contribution in [-0.4, -0.2) is 38.7 Å². The minimum Gasteiger partial charge on any atom is -0.502 e. The number of rotatable bonds is 2. The molecule has 1 fully saturated rings. The van der Waals surface area contributed by atoms with Gasteiger partial charge in [-0.2, -0.15) is 0 Å². The third kappa shape index (κ3) is 2.38. The van der Waals surface area contributed by atoms with Crippen molar-refractivity contribution in [1.82, 2.24) is 0 Å². The van der Waals surface area contributed by atoms with Crippen LogP contribution in [0.3, 0.4) is 0 Å². The number of phenolic OH excluding ortho intramolecular Hbond substituents is 1. The lowest BCUT2D eigenvalue weighted by Crippen LogP contribution is -2.23. The summed E-state index contributed by atoms with van der Waals surface area (Å²) < 4.78 is 27.4. The fourth-order valence-electron chi connectivity index (χ4n) is 4.45. The molecule has 2 aromatic carbocycles. The fourth-order valence-corrected chi connectivity index (χ4v) is 4.45. The Morgan fingerprint density at radius 2 is 1.79 bits per heavy atom. The van der Waals surface area contributed by atoms with E-state index >= 15 is 0 Å². The number of hydrogen-bond donors (Lipinski definition) is 1. The lowest BCUT2D eigenvalue weighted by atomic mass is 9.77. The second kappa shape index (κ2) is 6.22. The van der Waals surface area contributed by atoms with Gasteiger partial charge in [0.2, 0.25) is 12.5 Å². The molecule has 1 aliphatic carbocycles. The highest BCUT2D eigenvalue weighted by atomic mass is 16.7. The summed E-state index contributed by atoms with van der Waals surface area (Å²) in [5.74, 6) is 1.52. The highest BCUT2D eigenvalue weighted by Gasteiger charge is 2.40. The summed E-state index contributed by atoms with van der Waals surface area (Å²) in [6, 6.07) is 5.64. The quantitative estimate of drug-likeness (QED) is 0.797. The van der Waals surface area contributed by atoms with E-state index in [1.165, 1.54) is 14.2 Å². The minimum atomic E-state index is -0.253. The first-order valence-electron chi connectivity index (χ1n) is 9.17. The van der Waals surface area contributed by atoms with Gasteiger partial charge in [0.05, 0.1) is 26.7 Å². The molecule has 0 radical (unpaired) electrons. The number of ether oxygens (including phenoxy) is 5. The van der Waals surface area contributed by atoms with Crippen LogP contribution >= 0.6 is 0 Å². The Morgan fingerprint density at radius 1 is 1.00 bits per heavy atom. The average molecular weight is 384 g/mol. The molecule has 0 spiro atoms. The molecule has 0 bridgehead atoms. The van der Waals surface area contributed by atoms with Crippen molar-refractivity contribution in [3.05, 3.63) is 29.3 Å². The lowest BCUT2D eigenvalue weighted by Gasteiger charge is -2.26. The van der Waals surface area contributed by atoms with Gasteiger partial charge in [-0.1, -0.05) is 0 Å². The molecule has 7 nitrogen and oxygen atoms in total. The molecule has 2 atom stereocenters. The zero-order valence-corrected chi connectivity index (χ0v) is 15.6. The van der Waals surface area contributed by atoms with Gasteiger partial charge in [-0.15, -0.1) is 0 Å². The number of phenols is 1. The molecule has 2 heterocycles. The molecule has 3 aliphatic rings. The highest BCUT2D eigenvalue weighted by molar-refractivity contribution is 5.85. The van der Waals surface area contributed by atoms with Crippen molar-refractivity contribution in [2.45, 2.75) is 12.8 Å². The van der Waals surface area contributed by atoms with Gasteiger partial charge in [-0.25, -0.2) is 0 Å². The standard InChI is InChI=1S/C21H20O7/c1-24-17-6-11-4-14-12(8-26-21(14)23)3-10-5-15-16(28-9-27-15)7-13(10)18(11)20(25-2)19(17)22/h5-7,12,14,22H,3-4,8-9H2,1-2H3/t12-,14-/m1/s1. The third-order valence-electron chi connectivity index (χ3n) is 5.83. The summed E-state index contributed by atoms with van der Waals surface area (Å²) in [7, 11) is 3.00. The van der Waals surface area contributed by atoms with Crippen LogP contribution in [0.1, 0.15) is 11.1 Å². The third-order valence-corrected chi connectivity index (χ3v) is 5.83. The van der Waals surface area contributed by atoms with Crippen molar-refractivity contribution in [3.8, 4) is 39.9 Å². The Labute approximate surface area is 161 Å². The van der Waals surface area contributed by atoms with Gasteiger partial charge < -0.3 is 28.8 Å². The van der Waals surface area contributed by atoms with Crippen LogP contribution in [0, 0.1) is 11.8 Å². The van der Waals surface area contributed by atoms with E-state index in [1.54, 1.807) is 6.07 Å². The number of methoxy groups -OCH3 is 2. The number of carbonyl (C=O) groups excluding carboxylic acids is 1. The SMILES string of the molecule is COc1cc2c(c(OC)c1O)-c1cc3c(cc1C[C@@H]1COC(=O)[C@@H]1C2)OCO3. The lowest BCUT2D eigenvalue weighted by molar-refractivity contribution is -0.141. The molecule has 0 unspecified atom stereocenters. The molecule has 1 saturated heterocycles. The van der Waals surface area contributed by atoms with Gasteiger partial charge in [0.15, 0.2) is 23.0 Å². The number of carbonyl (C=O) groups is 1. The summed E-state index contributed by atoms with van der Waals surface area (Å²) >= 11 is 0. The monoisotopic (exact) mass is 384 g/mol. The first-order valence-corrected chi connectivity index (χ1v) is 9.17. The van der Waals surface area contributed by atoms with Gasteiger partial charge in [-0.05, 0) is 47.7 Å². The smallest absolute Gasteiger partial charge is 0.309 e. The van der Waals surface area contributed by atoms with Crippen molar-refractivity contribution < 1.29 is 33.6 Å². The Morgan fingerprint density at radius 3 is 2.54 bits per heavy atom. The van der Waals surface area contributed by atoms with Gasteiger partial charge in [0, 0.05) is 11.5 Å². The van der Waals surface area contributed by atoms with Crippen LogP contribution in [0.2, 0.25) is 0 Å². The van der Waals surface area contributed by atoms with Crippen LogP contribution in [0.15, 0.2) is 18.2 Å². The molecule has 7 heteroatoms. The Bertz CT molecular complexity index is 981. The number of cyclic esters (lactones) is 1. The van der Waals surface area contributed by atoms with Crippen molar-refractivity contribution >= 4 is 5.97 Å². The zero-order valence-electron chi connectivity index (χ0n) is 15.6. The van der Waals surface area contributed by atoms with Gasteiger partial charge >= 0.3 is 5.97 Å². The number of hydrogen-bond acceptors (Lipinski definition) is 7. The van der Waals surface area contributed by atoms with E-state index in [-0.39, 0.29) is 30.3 Å². The molecule has 0 saturated carbocycles. The zero-order chi connectivity index (χ0) is 19.4. The van der Waals surface area contributed by atoms with Gasteiger partial charge in [0.25, 0.3) is 0 Å². The van der Waals surface area contributed by atoms with E-state index in [1.807, 2.05) is 12.1 Å². The Hall–Kier alpha value is -3.09. The minimum absolute atomic E-state index is 0.0708. The predicted octanol–water partition coefficient (Wildman–Crippen LogP) is 2.69. The summed E-state index contributed by atoms with van der Waals surface area (Å²) in [6.07, 6.45) is 1.15. The maximum Gasteiger partial charge on any atom is 0.309 e. The number of aromatic hydroxyl groups is 1. The van der Waals surface area contributed by atoms with E-state index < -0.39 is 0 Å². The van der Waals surface area contributed by atoms with Crippen molar-refractivity contribution in [1.29, 1.82) is 0 Å². The van der Waals surface area contributed by atoms with Gasteiger partial charge in [0.1, 0.15) is 0 Å². The van der Waals surface area contributed by atoms with Crippen molar-refractivity contribution in [3.63, 3.8) is 0 Å². The largest absolute Gasteiger partial charge is 0.502 e. The molecule has 0 amide bonds. The van der Waals surface area contributed by atoms with Crippen molar-refractivity contribution in [2.75, 3.05) is 27.6 Å².